The number of amides is 1. The fourth-order valence-electron chi connectivity index (χ4n) is 2.53. The normalized spacial score (nSPS) is 14.3. The molecule has 2 N–H and O–H groups in total. The lowest BCUT2D eigenvalue weighted by Gasteiger charge is -2.15. The van der Waals surface area contributed by atoms with E-state index in [1.807, 2.05) is 31.2 Å². The molecule has 4 nitrogen and oxygen atoms in total. The Morgan fingerprint density at radius 3 is 3.04 bits per heavy atom. The van der Waals surface area contributed by atoms with Crippen molar-refractivity contribution in [2.24, 2.45) is 0 Å². The highest BCUT2D eigenvalue weighted by Crippen LogP contribution is 2.26. The Balaban J connectivity index is 1.62. The van der Waals surface area contributed by atoms with Gasteiger partial charge in [0, 0.05) is 29.1 Å². The number of aromatic nitrogens is 1. The van der Waals surface area contributed by atoms with Gasteiger partial charge in [-0.3, -0.25) is 4.79 Å². The van der Waals surface area contributed by atoms with E-state index in [1.165, 1.54) is 5.57 Å². The molecule has 0 bridgehead atoms. The fourth-order valence-corrected chi connectivity index (χ4v) is 4.19. The maximum absolute atomic E-state index is 12.5. The Kier molecular flexibility index (Phi) is 6.07. The molecular formula is C18H21N3OS2. The zero-order valence-electron chi connectivity index (χ0n) is 13.7. The van der Waals surface area contributed by atoms with Crippen LogP contribution < -0.4 is 10.6 Å². The molecule has 1 aliphatic rings. The molecule has 24 heavy (non-hydrogen) atoms. The van der Waals surface area contributed by atoms with Crippen molar-refractivity contribution >= 4 is 29.0 Å². The molecule has 0 aliphatic carbocycles. The van der Waals surface area contributed by atoms with Crippen molar-refractivity contribution in [3.63, 3.8) is 0 Å². The SMILES string of the molecule is Cc1nc(CSc2ccccc2C(=O)NCC2=CCNCC2)cs1. The Bertz CT molecular complexity index is 739. The number of carbonyl (C=O) groups is 1. The first-order chi connectivity index (χ1) is 11.7. The number of nitrogens with zero attached hydrogens (tertiary/aromatic N) is 1. The summed E-state index contributed by atoms with van der Waals surface area (Å²) in [6.45, 7) is 4.52. The number of carbonyl (C=O) groups excluding carboxylic acids is 1. The van der Waals surface area contributed by atoms with E-state index in [-0.39, 0.29) is 5.91 Å². The summed E-state index contributed by atoms with van der Waals surface area (Å²) in [5, 5.41) is 9.48. The highest BCUT2D eigenvalue weighted by Gasteiger charge is 2.13. The first-order valence-electron chi connectivity index (χ1n) is 8.02. The van der Waals surface area contributed by atoms with Gasteiger partial charge >= 0.3 is 0 Å². The zero-order chi connectivity index (χ0) is 16.8. The lowest BCUT2D eigenvalue weighted by molar-refractivity contribution is 0.0953. The van der Waals surface area contributed by atoms with Gasteiger partial charge in [0.25, 0.3) is 5.91 Å². The third kappa shape index (κ3) is 4.69. The number of thioether (sulfide) groups is 1. The largest absolute Gasteiger partial charge is 0.348 e. The molecule has 0 saturated heterocycles. The van der Waals surface area contributed by atoms with Crippen LogP contribution in [-0.2, 0) is 5.75 Å². The molecule has 3 rings (SSSR count). The minimum absolute atomic E-state index is 0.00742. The van der Waals surface area contributed by atoms with Crippen LogP contribution in [-0.4, -0.2) is 30.5 Å². The van der Waals surface area contributed by atoms with Crippen LogP contribution in [0.1, 0.15) is 27.5 Å². The Morgan fingerprint density at radius 2 is 2.29 bits per heavy atom. The maximum atomic E-state index is 12.5. The summed E-state index contributed by atoms with van der Waals surface area (Å²) >= 11 is 3.32. The van der Waals surface area contributed by atoms with Gasteiger partial charge in [-0.2, -0.15) is 0 Å². The van der Waals surface area contributed by atoms with E-state index >= 15 is 0 Å². The Labute approximate surface area is 150 Å². The summed E-state index contributed by atoms with van der Waals surface area (Å²) in [5.41, 5.74) is 3.10. The lowest BCUT2D eigenvalue weighted by atomic mass is 10.1. The van der Waals surface area contributed by atoms with Crippen LogP contribution in [0.2, 0.25) is 0 Å². The Morgan fingerprint density at radius 1 is 1.42 bits per heavy atom. The summed E-state index contributed by atoms with van der Waals surface area (Å²) in [6, 6.07) is 7.78. The predicted molar refractivity (Wildman–Crippen MR) is 101 cm³/mol. The van der Waals surface area contributed by atoms with E-state index in [0.717, 1.165) is 46.4 Å². The van der Waals surface area contributed by atoms with E-state index < -0.39 is 0 Å². The molecule has 1 amide bonds. The summed E-state index contributed by atoms with van der Waals surface area (Å²) < 4.78 is 0. The number of nitrogens with one attached hydrogen (secondary N) is 2. The second kappa shape index (κ2) is 8.46. The van der Waals surface area contributed by atoms with Gasteiger partial charge in [0.1, 0.15) is 0 Å². The Hall–Kier alpha value is -1.63. The third-order valence-electron chi connectivity index (χ3n) is 3.81. The van der Waals surface area contributed by atoms with Crippen LogP contribution in [0.15, 0.2) is 46.2 Å². The van der Waals surface area contributed by atoms with Crippen LogP contribution in [0.3, 0.4) is 0 Å². The third-order valence-corrected chi connectivity index (χ3v) is 5.74. The molecule has 1 aromatic carbocycles. The van der Waals surface area contributed by atoms with Gasteiger partial charge in [-0.15, -0.1) is 23.1 Å². The van der Waals surface area contributed by atoms with Crippen molar-refractivity contribution in [3.05, 3.63) is 57.6 Å². The van der Waals surface area contributed by atoms with Crippen LogP contribution in [0.4, 0.5) is 0 Å². The van der Waals surface area contributed by atoms with Crippen LogP contribution in [0.25, 0.3) is 0 Å². The summed E-state index contributed by atoms with van der Waals surface area (Å²) in [7, 11) is 0. The molecule has 0 spiro atoms. The van der Waals surface area contributed by atoms with Crippen LogP contribution in [0.5, 0.6) is 0 Å². The van der Waals surface area contributed by atoms with E-state index in [0.29, 0.717) is 6.54 Å². The van der Waals surface area contributed by atoms with Crippen molar-refractivity contribution < 1.29 is 4.79 Å². The molecule has 2 heterocycles. The van der Waals surface area contributed by atoms with E-state index in [1.54, 1.807) is 23.1 Å². The van der Waals surface area contributed by atoms with E-state index in [9.17, 15) is 4.79 Å². The maximum Gasteiger partial charge on any atom is 0.252 e. The zero-order valence-corrected chi connectivity index (χ0v) is 15.3. The minimum atomic E-state index is -0.00742. The molecule has 1 aromatic heterocycles. The number of benzene rings is 1. The number of thiazole rings is 1. The van der Waals surface area contributed by atoms with Crippen molar-refractivity contribution in [2.45, 2.75) is 24.0 Å². The predicted octanol–water partition coefficient (Wildman–Crippen LogP) is 3.39. The van der Waals surface area contributed by atoms with Gasteiger partial charge in [-0.05, 0) is 32.0 Å². The highest BCUT2D eigenvalue weighted by atomic mass is 32.2. The van der Waals surface area contributed by atoms with Gasteiger partial charge in [-0.25, -0.2) is 4.98 Å². The average Bonchev–Trinajstić information content (AvgIpc) is 3.04. The molecule has 1 aliphatic heterocycles. The highest BCUT2D eigenvalue weighted by molar-refractivity contribution is 7.98. The van der Waals surface area contributed by atoms with Crippen molar-refractivity contribution in [2.75, 3.05) is 19.6 Å². The number of hydrogen-bond donors (Lipinski definition) is 2. The molecule has 0 unspecified atom stereocenters. The first-order valence-corrected chi connectivity index (χ1v) is 9.88. The molecular weight excluding hydrogens is 338 g/mol. The minimum Gasteiger partial charge on any atom is -0.348 e. The van der Waals surface area contributed by atoms with E-state index in [4.69, 9.17) is 0 Å². The van der Waals surface area contributed by atoms with Crippen molar-refractivity contribution in [3.8, 4) is 0 Å². The van der Waals surface area contributed by atoms with Crippen molar-refractivity contribution in [1.29, 1.82) is 0 Å². The monoisotopic (exact) mass is 359 g/mol. The van der Waals surface area contributed by atoms with Crippen LogP contribution in [0, 0.1) is 6.92 Å². The quantitative estimate of drug-likeness (QED) is 0.613. The van der Waals surface area contributed by atoms with Crippen molar-refractivity contribution in [1.82, 2.24) is 15.6 Å². The number of rotatable bonds is 6. The molecule has 0 radical (unpaired) electrons. The smallest absolute Gasteiger partial charge is 0.252 e. The molecule has 0 fully saturated rings. The van der Waals surface area contributed by atoms with Gasteiger partial charge in [0.15, 0.2) is 0 Å². The standard InChI is InChI=1S/C18H21N3OS2/c1-13-21-15(11-23-13)12-24-17-5-3-2-4-16(17)18(22)20-10-14-6-8-19-9-7-14/h2-6,11,19H,7-10,12H2,1H3,(H,20,22). The van der Waals surface area contributed by atoms with Gasteiger partial charge in [-0.1, -0.05) is 23.8 Å². The number of aryl methyl sites for hydroxylation is 1. The molecule has 0 atom stereocenters. The summed E-state index contributed by atoms with van der Waals surface area (Å²) in [6.07, 6.45) is 3.16. The fraction of sp³-hybridized carbons (Fsp3) is 0.333. The molecule has 2 aromatic rings. The van der Waals surface area contributed by atoms with Gasteiger partial charge in [0.05, 0.1) is 16.3 Å². The molecule has 6 heteroatoms. The molecule has 126 valence electrons. The van der Waals surface area contributed by atoms with Crippen LogP contribution >= 0.6 is 23.1 Å². The second-order valence-electron chi connectivity index (χ2n) is 5.64. The average molecular weight is 360 g/mol. The number of hydrogen-bond acceptors (Lipinski definition) is 5. The first kappa shape index (κ1) is 17.2. The van der Waals surface area contributed by atoms with Gasteiger partial charge in [0.2, 0.25) is 0 Å². The molecule has 0 saturated carbocycles. The summed E-state index contributed by atoms with van der Waals surface area (Å²) in [4.78, 5) is 18.0. The van der Waals surface area contributed by atoms with Gasteiger partial charge < -0.3 is 10.6 Å². The topological polar surface area (TPSA) is 54.0 Å². The lowest BCUT2D eigenvalue weighted by Crippen LogP contribution is -2.29. The summed E-state index contributed by atoms with van der Waals surface area (Å²) in [5.74, 6) is 0.776. The van der Waals surface area contributed by atoms with E-state index in [2.05, 4.69) is 27.1 Å². The second-order valence-corrected chi connectivity index (χ2v) is 7.72.